The van der Waals surface area contributed by atoms with Gasteiger partial charge >= 0.3 is 6.36 Å². The van der Waals surface area contributed by atoms with E-state index in [0.29, 0.717) is 28.2 Å². The fourth-order valence-electron chi connectivity index (χ4n) is 3.14. The molecule has 0 spiro atoms. The first-order chi connectivity index (χ1) is 14.5. The summed E-state index contributed by atoms with van der Waals surface area (Å²) in [6.07, 6.45) is -4.79. The summed E-state index contributed by atoms with van der Waals surface area (Å²) in [6, 6.07) is 5.01. The van der Waals surface area contributed by atoms with Crippen LogP contribution in [-0.2, 0) is 0 Å². The Morgan fingerprint density at radius 3 is 2.39 bits per heavy atom. The quantitative estimate of drug-likeness (QED) is 0.425. The number of alkyl halides is 3. The number of ether oxygens (including phenoxy) is 1. The smallest absolute Gasteiger partial charge is 0.406 e. The van der Waals surface area contributed by atoms with Crippen LogP contribution in [0.2, 0.25) is 0 Å². The highest BCUT2D eigenvalue weighted by Gasteiger charge is 2.31. The predicted octanol–water partition coefficient (Wildman–Crippen LogP) is 4.07. The Balaban J connectivity index is 1.79. The number of halogens is 3. The van der Waals surface area contributed by atoms with E-state index < -0.39 is 11.6 Å². The molecule has 0 bridgehead atoms. The van der Waals surface area contributed by atoms with E-state index in [4.69, 9.17) is 0 Å². The number of carbonyl (C=O) groups excluding carboxylic acids is 2. The van der Waals surface area contributed by atoms with Crippen LogP contribution in [0.15, 0.2) is 29.4 Å². The lowest BCUT2D eigenvalue weighted by molar-refractivity contribution is -0.274. The van der Waals surface area contributed by atoms with E-state index >= 15 is 0 Å². The second kappa shape index (κ2) is 8.53. The Labute approximate surface area is 179 Å². The van der Waals surface area contributed by atoms with Gasteiger partial charge in [-0.2, -0.15) is 4.68 Å². The number of tetrazole rings is 1. The molecule has 3 rings (SSSR count). The number of aromatic amines is 1. The minimum Gasteiger partial charge on any atom is -0.406 e. The van der Waals surface area contributed by atoms with E-state index in [-0.39, 0.29) is 22.5 Å². The molecule has 3 aromatic rings. The number of aryl methyl sites for hydroxylation is 1. The van der Waals surface area contributed by atoms with Gasteiger partial charge in [0.1, 0.15) is 5.75 Å². The van der Waals surface area contributed by atoms with Gasteiger partial charge in [-0.25, -0.2) is 0 Å². The molecule has 0 fully saturated rings. The summed E-state index contributed by atoms with van der Waals surface area (Å²) in [6.45, 7) is 6.55. The highest BCUT2D eigenvalue weighted by atomic mass is 32.2. The average molecular weight is 453 g/mol. The van der Waals surface area contributed by atoms with Gasteiger partial charge in [0, 0.05) is 11.3 Å². The number of ketones is 2. The van der Waals surface area contributed by atoms with E-state index in [1.807, 2.05) is 0 Å². The molecule has 1 unspecified atom stereocenters. The summed E-state index contributed by atoms with van der Waals surface area (Å²) in [4.78, 5) is 27.7. The molecular formula is C19H18F3N5O3S. The third kappa shape index (κ3) is 4.95. The zero-order valence-electron chi connectivity index (χ0n) is 16.9. The van der Waals surface area contributed by atoms with E-state index in [1.165, 1.54) is 23.7 Å². The number of benzene rings is 1. The molecule has 1 aromatic carbocycles. The van der Waals surface area contributed by atoms with Crippen LogP contribution in [-0.4, -0.2) is 48.4 Å². The van der Waals surface area contributed by atoms with Crippen molar-refractivity contribution in [3.8, 4) is 11.4 Å². The molecule has 1 N–H and O–H groups in total. The molecule has 0 aliphatic carbocycles. The van der Waals surface area contributed by atoms with Crippen molar-refractivity contribution in [2.45, 2.75) is 44.5 Å². The second-order valence-electron chi connectivity index (χ2n) is 6.72. The van der Waals surface area contributed by atoms with Crippen LogP contribution >= 0.6 is 11.8 Å². The highest BCUT2D eigenvalue weighted by Crippen LogP contribution is 2.29. The summed E-state index contributed by atoms with van der Waals surface area (Å²) in [5, 5.41) is 11.0. The SMILES string of the molecule is CC(=O)c1c(C)[nH]c(C(=O)C(C)Sc2nnnn2-c2ccc(OC(F)(F)F)cc2)c1C. The van der Waals surface area contributed by atoms with Gasteiger partial charge in [-0.1, -0.05) is 11.8 Å². The van der Waals surface area contributed by atoms with Gasteiger partial charge in [0.15, 0.2) is 11.6 Å². The molecule has 2 aromatic heterocycles. The maximum absolute atomic E-state index is 12.9. The third-order valence-electron chi connectivity index (χ3n) is 4.44. The zero-order chi connectivity index (χ0) is 22.9. The molecule has 0 amide bonds. The first kappa shape index (κ1) is 22.5. The fourth-order valence-corrected chi connectivity index (χ4v) is 4.01. The first-order valence-corrected chi connectivity index (χ1v) is 9.91. The van der Waals surface area contributed by atoms with Crippen LogP contribution < -0.4 is 4.74 Å². The second-order valence-corrected chi connectivity index (χ2v) is 8.03. The minimum atomic E-state index is -4.79. The van der Waals surface area contributed by atoms with Gasteiger partial charge in [-0.3, -0.25) is 9.59 Å². The minimum absolute atomic E-state index is 0.132. The number of hydrogen-bond acceptors (Lipinski definition) is 7. The van der Waals surface area contributed by atoms with Gasteiger partial charge in [0.2, 0.25) is 5.16 Å². The summed E-state index contributed by atoms with van der Waals surface area (Å²) in [7, 11) is 0. The molecule has 8 nitrogen and oxygen atoms in total. The summed E-state index contributed by atoms with van der Waals surface area (Å²) in [5.41, 5.74) is 2.44. The number of thioether (sulfide) groups is 1. The standard InChI is InChI=1S/C19H18F3N5O3S/c1-9-15(11(3)28)10(2)23-16(9)17(29)12(4)31-18-24-25-26-27(18)13-5-7-14(8-6-13)30-19(20,21)22/h5-8,12,23H,1-4H3. The lowest BCUT2D eigenvalue weighted by atomic mass is 10.0. The fraction of sp³-hybridized carbons (Fsp3) is 0.316. The molecule has 31 heavy (non-hydrogen) atoms. The van der Waals surface area contributed by atoms with Crippen LogP contribution in [0.3, 0.4) is 0 Å². The maximum atomic E-state index is 12.9. The molecule has 0 radical (unpaired) electrons. The van der Waals surface area contributed by atoms with Crippen molar-refractivity contribution in [2.75, 3.05) is 0 Å². The summed E-state index contributed by atoms with van der Waals surface area (Å²) in [5.74, 6) is -0.741. The zero-order valence-corrected chi connectivity index (χ0v) is 17.8. The molecule has 0 saturated heterocycles. The van der Waals surface area contributed by atoms with Gasteiger partial charge < -0.3 is 9.72 Å². The number of nitrogens with zero attached hydrogens (tertiary/aromatic N) is 4. The number of rotatable bonds is 7. The van der Waals surface area contributed by atoms with Crippen LogP contribution in [0.4, 0.5) is 13.2 Å². The predicted molar refractivity (Wildman–Crippen MR) is 106 cm³/mol. The summed E-state index contributed by atoms with van der Waals surface area (Å²) < 4.78 is 42.1. The van der Waals surface area contributed by atoms with Crippen molar-refractivity contribution in [1.29, 1.82) is 0 Å². The number of Topliss-reactive ketones (excluding diaryl/α,β-unsaturated/α-hetero) is 2. The lowest BCUT2D eigenvalue weighted by Crippen LogP contribution is -2.17. The average Bonchev–Trinajstić information content (AvgIpc) is 3.24. The number of hydrogen-bond donors (Lipinski definition) is 1. The van der Waals surface area contributed by atoms with Crippen LogP contribution in [0.5, 0.6) is 5.75 Å². The number of aromatic nitrogens is 5. The van der Waals surface area contributed by atoms with E-state index in [9.17, 15) is 22.8 Å². The van der Waals surface area contributed by atoms with Crippen molar-refractivity contribution in [3.63, 3.8) is 0 Å². The first-order valence-electron chi connectivity index (χ1n) is 9.03. The lowest BCUT2D eigenvalue weighted by Gasteiger charge is -2.11. The van der Waals surface area contributed by atoms with Gasteiger partial charge in [-0.15, -0.1) is 18.3 Å². The maximum Gasteiger partial charge on any atom is 0.573 e. The Morgan fingerprint density at radius 1 is 1.19 bits per heavy atom. The Kier molecular flexibility index (Phi) is 6.20. The molecule has 1 atom stereocenters. The largest absolute Gasteiger partial charge is 0.573 e. The van der Waals surface area contributed by atoms with E-state index in [2.05, 4.69) is 25.2 Å². The molecule has 0 aliphatic rings. The van der Waals surface area contributed by atoms with Crippen molar-refractivity contribution >= 4 is 23.3 Å². The Morgan fingerprint density at radius 2 is 1.84 bits per heavy atom. The topological polar surface area (TPSA) is 103 Å². The van der Waals surface area contributed by atoms with Crippen molar-refractivity contribution in [2.24, 2.45) is 0 Å². The van der Waals surface area contributed by atoms with Crippen molar-refractivity contribution < 1.29 is 27.5 Å². The number of nitrogens with one attached hydrogen (secondary N) is 1. The Hall–Kier alpha value is -3.15. The Bertz CT molecular complexity index is 1120. The highest BCUT2D eigenvalue weighted by molar-refractivity contribution is 8.00. The normalized spacial score (nSPS) is 12.6. The van der Waals surface area contributed by atoms with Crippen molar-refractivity contribution in [3.05, 3.63) is 46.8 Å². The summed E-state index contributed by atoms with van der Waals surface area (Å²) >= 11 is 1.08. The van der Waals surface area contributed by atoms with E-state index in [1.54, 1.807) is 20.8 Å². The van der Waals surface area contributed by atoms with Crippen LogP contribution in [0.1, 0.15) is 46.0 Å². The number of H-pyrrole nitrogens is 1. The van der Waals surface area contributed by atoms with Gasteiger partial charge in [0.05, 0.1) is 16.6 Å². The van der Waals surface area contributed by atoms with E-state index in [0.717, 1.165) is 23.9 Å². The third-order valence-corrected chi connectivity index (χ3v) is 5.48. The molecule has 0 aliphatic heterocycles. The molecule has 12 heteroatoms. The monoisotopic (exact) mass is 453 g/mol. The number of carbonyl (C=O) groups is 2. The van der Waals surface area contributed by atoms with Crippen molar-refractivity contribution in [1.82, 2.24) is 25.2 Å². The molecule has 0 saturated carbocycles. The van der Waals surface area contributed by atoms with Crippen LogP contribution in [0.25, 0.3) is 5.69 Å². The van der Waals surface area contributed by atoms with Gasteiger partial charge in [0.25, 0.3) is 0 Å². The van der Waals surface area contributed by atoms with Gasteiger partial charge in [-0.05, 0) is 68.0 Å². The molecule has 164 valence electrons. The van der Waals surface area contributed by atoms with Crippen LogP contribution in [0, 0.1) is 13.8 Å². The molecule has 2 heterocycles. The molecular weight excluding hydrogens is 435 g/mol.